The molecule has 1 amide bonds. The molecule has 222 valence electrons. The molecule has 1 saturated carbocycles. The molecule has 1 unspecified atom stereocenters. The van der Waals surface area contributed by atoms with Crippen LogP contribution in [0.15, 0.2) is 27.8 Å². The second-order valence-corrected chi connectivity index (χ2v) is 12.0. The lowest BCUT2D eigenvalue weighted by Gasteiger charge is -2.30. The van der Waals surface area contributed by atoms with Crippen LogP contribution in [0.5, 0.6) is 5.75 Å². The zero-order valence-electron chi connectivity index (χ0n) is 23.9. The van der Waals surface area contributed by atoms with E-state index in [0.29, 0.717) is 40.8 Å². The molecule has 4 N–H and O–H groups in total. The van der Waals surface area contributed by atoms with Gasteiger partial charge in [0.2, 0.25) is 0 Å². The van der Waals surface area contributed by atoms with Crippen LogP contribution < -0.4 is 21.3 Å². The van der Waals surface area contributed by atoms with E-state index in [9.17, 15) is 34.5 Å². The van der Waals surface area contributed by atoms with E-state index in [-0.39, 0.29) is 27.6 Å². The summed E-state index contributed by atoms with van der Waals surface area (Å²) in [4.78, 5) is 53.0. The molecule has 0 aliphatic heterocycles. The summed E-state index contributed by atoms with van der Waals surface area (Å²) >= 11 is 0.949. The first-order chi connectivity index (χ1) is 19.3. The Labute approximate surface area is 241 Å². The zero-order valence-corrected chi connectivity index (χ0v) is 24.7. The molecule has 41 heavy (non-hydrogen) atoms. The third-order valence-corrected chi connectivity index (χ3v) is 9.25. The minimum Gasteiger partial charge on any atom is -0.496 e. The second-order valence-electron chi connectivity index (χ2n) is 11.0. The normalized spacial score (nSPS) is 18.3. The van der Waals surface area contributed by atoms with Crippen molar-refractivity contribution >= 4 is 33.4 Å². The van der Waals surface area contributed by atoms with Crippen LogP contribution in [0.1, 0.15) is 84.8 Å². The van der Waals surface area contributed by atoms with Gasteiger partial charge in [-0.25, -0.2) is 14.2 Å². The van der Waals surface area contributed by atoms with Crippen molar-refractivity contribution in [1.29, 1.82) is 0 Å². The van der Waals surface area contributed by atoms with Crippen LogP contribution in [0.2, 0.25) is 0 Å². The highest BCUT2D eigenvalue weighted by Gasteiger charge is 2.36. The Hall–Kier alpha value is -3.48. The standard InChI is InChI=1S/C29H37N3O8S/c1-6-30-24(35)23-15(2)21-25(36)32(29(3,4)27(37)38)28(39)31(26(21)41-23)14-19(34)22-18(11-8-12-20(22)40-5)16-9-7-10-17(33)13-16/h8,11-12,16-17,19,33-34H,6-7,9-10,13-14H2,1-5H3,(H,30,35)(H,37,38)/t16?,17-,19+/m1/s1. The van der Waals surface area contributed by atoms with Gasteiger partial charge in [-0.2, -0.15) is 0 Å². The Bertz CT molecular complexity index is 1600. The number of aromatic nitrogens is 2. The number of benzene rings is 1. The number of aliphatic hydroxyl groups is 2. The number of aliphatic carboxylic acids is 1. The number of aliphatic hydroxyl groups excluding tert-OH is 2. The van der Waals surface area contributed by atoms with Crippen molar-refractivity contribution in [2.24, 2.45) is 0 Å². The van der Waals surface area contributed by atoms with Gasteiger partial charge in [0, 0.05) is 12.1 Å². The first-order valence-electron chi connectivity index (χ1n) is 13.7. The number of amides is 1. The maximum absolute atomic E-state index is 13.9. The molecule has 0 spiro atoms. The van der Waals surface area contributed by atoms with E-state index in [1.807, 2.05) is 12.1 Å². The van der Waals surface area contributed by atoms with E-state index < -0.39 is 40.9 Å². The van der Waals surface area contributed by atoms with Crippen molar-refractivity contribution in [3.63, 3.8) is 0 Å². The number of carboxylic acid groups (broad SMARTS) is 1. The van der Waals surface area contributed by atoms with Crippen LogP contribution in [0.4, 0.5) is 0 Å². The van der Waals surface area contributed by atoms with Crippen LogP contribution in [0, 0.1) is 6.92 Å². The molecular formula is C29H37N3O8S. The first-order valence-corrected chi connectivity index (χ1v) is 14.5. The van der Waals surface area contributed by atoms with Gasteiger partial charge in [-0.3, -0.25) is 14.2 Å². The fourth-order valence-electron chi connectivity index (χ4n) is 5.72. The van der Waals surface area contributed by atoms with Crippen LogP contribution in [0.3, 0.4) is 0 Å². The highest BCUT2D eigenvalue weighted by molar-refractivity contribution is 7.20. The highest BCUT2D eigenvalue weighted by Crippen LogP contribution is 2.41. The first kappa shape index (κ1) is 30.5. The largest absolute Gasteiger partial charge is 0.496 e. The maximum atomic E-state index is 13.9. The lowest BCUT2D eigenvalue weighted by Crippen LogP contribution is -2.52. The van der Waals surface area contributed by atoms with Gasteiger partial charge in [-0.05, 0) is 70.1 Å². The van der Waals surface area contributed by atoms with Crippen LogP contribution in [0.25, 0.3) is 10.2 Å². The molecular weight excluding hydrogens is 550 g/mol. The number of nitrogens with one attached hydrogen (secondary N) is 1. The third-order valence-electron chi connectivity index (χ3n) is 7.93. The average Bonchev–Trinajstić information content (AvgIpc) is 3.27. The lowest BCUT2D eigenvalue weighted by atomic mass is 9.79. The number of hydrogen-bond acceptors (Lipinski definition) is 8. The summed E-state index contributed by atoms with van der Waals surface area (Å²) in [6.07, 6.45) is 1.11. The Kier molecular flexibility index (Phi) is 8.76. The fraction of sp³-hybridized carbons (Fsp3) is 0.517. The summed E-state index contributed by atoms with van der Waals surface area (Å²) in [6.45, 7) is 5.86. The number of carboxylic acids is 1. The molecule has 0 bridgehead atoms. The van der Waals surface area contributed by atoms with E-state index in [1.165, 1.54) is 25.5 Å². The van der Waals surface area contributed by atoms with E-state index in [4.69, 9.17) is 4.74 Å². The topological polar surface area (TPSA) is 160 Å². The summed E-state index contributed by atoms with van der Waals surface area (Å²) in [5.41, 5.74) is -2.06. The number of rotatable bonds is 9. The van der Waals surface area contributed by atoms with Gasteiger partial charge in [0.1, 0.15) is 22.2 Å². The van der Waals surface area contributed by atoms with Gasteiger partial charge < -0.3 is 25.4 Å². The number of nitrogens with zero attached hydrogens (tertiary/aromatic N) is 2. The summed E-state index contributed by atoms with van der Waals surface area (Å²) in [5, 5.41) is 34.7. The van der Waals surface area contributed by atoms with Crippen molar-refractivity contribution in [2.45, 2.75) is 83.6 Å². The van der Waals surface area contributed by atoms with E-state index in [2.05, 4.69) is 5.32 Å². The van der Waals surface area contributed by atoms with Gasteiger partial charge in [0.25, 0.3) is 11.5 Å². The number of thiophene rings is 1. The van der Waals surface area contributed by atoms with Crippen molar-refractivity contribution < 1.29 is 29.6 Å². The molecule has 2 aromatic heterocycles. The van der Waals surface area contributed by atoms with E-state index in [0.717, 1.165) is 29.7 Å². The summed E-state index contributed by atoms with van der Waals surface area (Å²) in [5.74, 6) is -1.44. The minimum atomic E-state index is -1.91. The van der Waals surface area contributed by atoms with Crippen molar-refractivity contribution in [3.05, 3.63) is 60.6 Å². The van der Waals surface area contributed by atoms with E-state index in [1.54, 1.807) is 19.9 Å². The van der Waals surface area contributed by atoms with E-state index >= 15 is 0 Å². The molecule has 1 aliphatic rings. The monoisotopic (exact) mass is 587 g/mol. The number of carbonyl (C=O) groups excluding carboxylic acids is 1. The van der Waals surface area contributed by atoms with Crippen LogP contribution in [-0.2, 0) is 16.9 Å². The molecule has 1 aliphatic carbocycles. The highest BCUT2D eigenvalue weighted by atomic mass is 32.1. The molecule has 1 fully saturated rings. The SMILES string of the molecule is CCNC(=O)c1sc2c(c1C)c(=O)n(C(C)(C)C(=O)O)c(=O)n2C[C@H](O)c1c(OC)cccc1C1CCC[C@@H](O)C1. The number of methoxy groups -OCH3 is 1. The van der Waals surface area contributed by atoms with Gasteiger partial charge >= 0.3 is 11.7 Å². The Morgan fingerprint density at radius 2 is 1.95 bits per heavy atom. The zero-order chi connectivity index (χ0) is 30.2. The van der Waals surface area contributed by atoms with Gasteiger partial charge in [-0.1, -0.05) is 18.6 Å². The summed E-state index contributed by atoms with van der Waals surface area (Å²) in [7, 11) is 1.48. The van der Waals surface area contributed by atoms with Crippen molar-refractivity contribution in [2.75, 3.05) is 13.7 Å². The molecule has 0 saturated heterocycles. The smallest absolute Gasteiger partial charge is 0.333 e. The lowest BCUT2D eigenvalue weighted by molar-refractivity contribution is -0.146. The van der Waals surface area contributed by atoms with Crippen LogP contribution >= 0.6 is 11.3 Å². The predicted molar refractivity (Wildman–Crippen MR) is 155 cm³/mol. The Morgan fingerprint density at radius 3 is 2.56 bits per heavy atom. The molecule has 2 heterocycles. The number of carbonyl (C=O) groups is 2. The Balaban J connectivity index is 1.96. The number of fused-ring (bicyclic) bond motifs is 1. The van der Waals surface area contributed by atoms with Crippen molar-refractivity contribution in [3.8, 4) is 5.75 Å². The second kappa shape index (κ2) is 11.8. The molecule has 0 radical (unpaired) electrons. The quantitative estimate of drug-likeness (QED) is 0.297. The van der Waals surface area contributed by atoms with Gasteiger partial charge in [0.15, 0.2) is 0 Å². The predicted octanol–water partition coefficient (Wildman–Crippen LogP) is 2.86. The van der Waals surface area contributed by atoms with Gasteiger partial charge in [-0.15, -0.1) is 11.3 Å². The average molecular weight is 588 g/mol. The molecule has 1 aromatic carbocycles. The minimum absolute atomic E-state index is 0.0385. The molecule has 3 aromatic rings. The fourth-order valence-corrected chi connectivity index (χ4v) is 6.93. The molecule has 4 rings (SSSR count). The summed E-state index contributed by atoms with van der Waals surface area (Å²) < 4.78 is 7.45. The summed E-state index contributed by atoms with van der Waals surface area (Å²) in [6, 6.07) is 5.39. The maximum Gasteiger partial charge on any atom is 0.333 e. The number of hydrogen-bond donors (Lipinski definition) is 4. The molecule has 3 atom stereocenters. The molecule has 12 heteroatoms. The Morgan fingerprint density at radius 1 is 1.24 bits per heavy atom. The van der Waals surface area contributed by atoms with Crippen LogP contribution in [-0.4, -0.2) is 56.1 Å². The number of aryl methyl sites for hydroxylation is 1. The third kappa shape index (κ3) is 5.43. The molecule has 11 nitrogen and oxygen atoms in total. The van der Waals surface area contributed by atoms with Crippen molar-refractivity contribution in [1.82, 2.24) is 14.5 Å². The number of ether oxygens (including phenoxy) is 1. The van der Waals surface area contributed by atoms with Gasteiger partial charge in [0.05, 0.1) is 30.0 Å².